The highest BCUT2D eigenvalue weighted by molar-refractivity contribution is 7.89. The van der Waals surface area contributed by atoms with Crippen LogP contribution in [-0.2, 0) is 24.3 Å². The number of nitrogens with zero attached hydrogens (tertiary/aromatic N) is 1. The number of morpholine rings is 1. The van der Waals surface area contributed by atoms with Crippen LogP contribution in [0, 0.1) is 0 Å². The van der Waals surface area contributed by atoms with Crippen molar-refractivity contribution in [2.45, 2.75) is 6.10 Å². The second kappa shape index (κ2) is 5.58. The molecule has 1 N–H and O–H groups in total. The summed E-state index contributed by atoms with van der Waals surface area (Å²) in [6.45, 7) is -0.169. The van der Waals surface area contributed by atoms with Gasteiger partial charge in [-0.1, -0.05) is 0 Å². The van der Waals surface area contributed by atoms with E-state index in [1.807, 2.05) is 0 Å². The number of hydrogen-bond donors (Lipinski definition) is 1. The number of aliphatic hydroxyl groups excluding tert-OH is 1. The van der Waals surface area contributed by atoms with Gasteiger partial charge < -0.3 is 14.6 Å². The first-order valence-corrected chi connectivity index (χ1v) is 6.40. The fraction of sp³-hybridized carbons (Fsp3) is 0.875. The predicted octanol–water partition coefficient (Wildman–Crippen LogP) is -1.82. The highest BCUT2D eigenvalue weighted by atomic mass is 32.2. The molecule has 1 fully saturated rings. The Morgan fingerprint density at radius 3 is 2.88 bits per heavy atom. The molecule has 0 bridgehead atoms. The Morgan fingerprint density at radius 2 is 2.31 bits per heavy atom. The van der Waals surface area contributed by atoms with Crippen molar-refractivity contribution in [1.82, 2.24) is 4.31 Å². The third kappa shape index (κ3) is 3.14. The standard InChI is InChI=1S/C8H15NO6S/c1-14-8(11)7-6-9(2-4-15-7)16(12,13)5-3-10/h7,10H,2-6H2,1H3. The lowest BCUT2D eigenvalue weighted by atomic mass is 10.3. The maximum atomic E-state index is 11.6. The minimum Gasteiger partial charge on any atom is -0.467 e. The Morgan fingerprint density at radius 1 is 1.62 bits per heavy atom. The van der Waals surface area contributed by atoms with Gasteiger partial charge in [-0.05, 0) is 0 Å². The van der Waals surface area contributed by atoms with Gasteiger partial charge in [0.2, 0.25) is 10.0 Å². The van der Waals surface area contributed by atoms with Gasteiger partial charge in [-0.2, -0.15) is 4.31 Å². The molecular weight excluding hydrogens is 238 g/mol. The van der Waals surface area contributed by atoms with E-state index in [0.29, 0.717) is 0 Å². The molecule has 1 saturated heterocycles. The lowest BCUT2D eigenvalue weighted by molar-refractivity contribution is -0.157. The van der Waals surface area contributed by atoms with E-state index in [1.165, 1.54) is 7.11 Å². The summed E-state index contributed by atoms with van der Waals surface area (Å²) in [4.78, 5) is 11.2. The van der Waals surface area contributed by atoms with Crippen LogP contribution in [0.15, 0.2) is 0 Å². The summed E-state index contributed by atoms with van der Waals surface area (Å²) in [5.41, 5.74) is 0. The maximum Gasteiger partial charge on any atom is 0.336 e. The SMILES string of the molecule is COC(=O)C1CN(S(=O)(=O)CCO)CCO1. The molecule has 1 unspecified atom stereocenters. The third-order valence-corrected chi connectivity index (χ3v) is 4.05. The first-order valence-electron chi connectivity index (χ1n) is 4.79. The van der Waals surface area contributed by atoms with Crippen LogP contribution >= 0.6 is 0 Å². The van der Waals surface area contributed by atoms with Crippen molar-refractivity contribution < 1.29 is 27.8 Å². The summed E-state index contributed by atoms with van der Waals surface area (Å²) >= 11 is 0. The Labute approximate surface area is 94.0 Å². The third-order valence-electron chi connectivity index (χ3n) is 2.24. The second-order valence-electron chi connectivity index (χ2n) is 3.28. The van der Waals surface area contributed by atoms with Crippen LogP contribution in [-0.4, -0.2) is 69.1 Å². The molecule has 0 aromatic rings. The molecule has 1 atom stereocenters. The van der Waals surface area contributed by atoms with Gasteiger partial charge in [-0.15, -0.1) is 0 Å². The zero-order chi connectivity index (χ0) is 12.2. The van der Waals surface area contributed by atoms with Gasteiger partial charge in [0, 0.05) is 6.54 Å². The Hall–Kier alpha value is -0.700. The Bertz CT molecular complexity index is 340. The zero-order valence-corrected chi connectivity index (χ0v) is 9.77. The molecule has 8 heteroatoms. The van der Waals surface area contributed by atoms with Crippen LogP contribution in [0.25, 0.3) is 0 Å². The maximum absolute atomic E-state index is 11.6. The van der Waals surface area contributed by atoms with E-state index in [-0.39, 0.29) is 25.4 Å². The fourth-order valence-corrected chi connectivity index (χ4v) is 2.60. The minimum absolute atomic E-state index is 0.0605. The van der Waals surface area contributed by atoms with Gasteiger partial charge in [0.1, 0.15) is 0 Å². The van der Waals surface area contributed by atoms with Crippen molar-refractivity contribution in [3.63, 3.8) is 0 Å². The van der Waals surface area contributed by atoms with E-state index in [1.54, 1.807) is 0 Å². The van der Waals surface area contributed by atoms with E-state index in [4.69, 9.17) is 9.84 Å². The lowest BCUT2D eigenvalue weighted by Crippen LogP contribution is -2.49. The highest BCUT2D eigenvalue weighted by Gasteiger charge is 2.33. The van der Waals surface area contributed by atoms with Crippen molar-refractivity contribution in [3.8, 4) is 0 Å². The van der Waals surface area contributed by atoms with Crippen molar-refractivity contribution in [3.05, 3.63) is 0 Å². The van der Waals surface area contributed by atoms with Crippen molar-refractivity contribution in [1.29, 1.82) is 0 Å². The van der Waals surface area contributed by atoms with Gasteiger partial charge in [0.25, 0.3) is 0 Å². The number of ether oxygens (including phenoxy) is 2. The normalized spacial score (nSPS) is 23.0. The summed E-state index contributed by atoms with van der Waals surface area (Å²) < 4.78 is 33.9. The number of aliphatic hydroxyl groups is 1. The van der Waals surface area contributed by atoms with E-state index in [2.05, 4.69) is 4.74 Å². The predicted molar refractivity (Wildman–Crippen MR) is 54.2 cm³/mol. The molecule has 1 aliphatic heterocycles. The summed E-state index contributed by atoms with van der Waals surface area (Å²) in [7, 11) is -2.30. The van der Waals surface area contributed by atoms with Gasteiger partial charge >= 0.3 is 5.97 Å². The first-order chi connectivity index (χ1) is 7.51. The molecule has 94 valence electrons. The molecule has 0 aliphatic carbocycles. The minimum atomic E-state index is -3.51. The number of rotatable bonds is 4. The van der Waals surface area contributed by atoms with Crippen LogP contribution in [0.2, 0.25) is 0 Å². The van der Waals surface area contributed by atoms with Crippen molar-refractivity contribution in [2.75, 3.05) is 39.2 Å². The summed E-state index contributed by atoms with van der Waals surface area (Å²) in [6, 6.07) is 0. The molecule has 0 radical (unpaired) electrons. The zero-order valence-electron chi connectivity index (χ0n) is 8.96. The number of hydrogen-bond acceptors (Lipinski definition) is 6. The van der Waals surface area contributed by atoms with Crippen LogP contribution in [0.3, 0.4) is 0 Å². The second-order valence-corrected chi connectivity index (χ2v) is 5.37. The number of carbonyl (C=O) groups is 1. The van der Waals surface area contributed by atoms with Crippen LogP contribution in [0.5, 0.6) is 0 Å². The van der Waals surface area contributed by atoms with Crippen LogP contribution < -0.4 is 0 Å². The van der Waals surface area contributed by atoms with E-state index < -0.39 is 28.7 Å². The van der Waals surface area contributed by atoms with Gasteiger partial charge in [0.15, 0.2) is 6.10 Å². The molecule has 1 aliphatic rings. The van der Waals surface area contributed by atoms with Crippen molar-refractivity contribution in [2.24, 2.45) is 0 Å². The number of methoxy groups -OCH3 is 1. The largest absolute Gasteiger partial charge is 0.467 e. The fourth-order valence-electron chi connectivity index (χ4n) is 1.40. The molecule has 7 nitrogen and oxygen atoms in total. The summed E-state index contributed by atoms with van der Waals surface area (Å²) in [5, 5.41) is 8.63. The molecule has 1 rings (SSSR count). The lowest BCUT2D eigenvalue weighted by Gasteiger charge is -2.30. The number of sulfonamides is 1. The molecule has 16 heavy (non-hydrogen) atoms. The Kier molecular flexibility index (Phi) is 4.66. The Balaban J connectivity index is 2.67. The topological polar surface area (TPSA) is 93.1 Å². The van der Waals surface area contributed by atoms with E-state index in [0.717, 1.165) is 4.31 Å². The van der Waals surface area contributed by atoms with Gasteiger partial charge in [0.05, 0.1) is 32.6 Å². The number of esters is 1. The number of carbonyl (C=O) groups excluding carboxylic acids is 1. The molecule has 0 aromatic heterocycles. The van der Waals surface area contributed by atoms with Crippen LogP contribution in [0.1, 0.15) is 0 Å². The smallest absolute Gasteiger partial charge is 0.336 e. The molecule has 0 amide bonds. The molecular formula is C8H15NO6S. The highest BCUT2D eigenvalue weighted by Crippen LogP contribution is 2.11. The molecule has 0 saturated carbocycles. The quantitative estimate of drug-likeness (QED) is 0.593. The average molecular weight is 253 g/mol. The van der Waals surface area contributed by atoms with E-state index >= 15 is 0 Å². The molecule has 1 heterocycles. The van der Waals surface area contributed by atoms with E-state index in [9.17, 15) is 13.2 Å². The van der Waals surface area contributed by atoms with Crippen LogP contribution in [0.4, 0.5) is 0 Å². The monoisotopic (exact) mass is 253 g/mol. The molecule has 0 spiro atoms. The molecule has 0 aromatic carbocycles. The van der Waals surface area contributed by atoms with Crippen molar-refractivity contribution >= 4 is 16.0 Å². The summed E-state index contributed by atoms with van der Waals surface area (Å²) in [5.74, 6) is -0.940. The average Bonchev–Trinajstić information content (AvgIpc) is 2.28. The van der Waals surface area contributed by atoms with Gasteiger partial charge in [-0.3, -0.25) is 0 Å². The first kappa shape index (κ1) is 13.4. The van der Waals surface area contributed by atoms with Gasteiger partial charge in [-0.25, -0.2) is 13.2 Å². The summed E-state index contributed by atoms with van der Waals surface area (Å²) in [6.07, 6.45) is -0.882.